The molecule has 1 atom stereocenters. The zero-order chi connectivity index (χ0) is 19.4. The summed E-state index contributed by atoms with van der Waals surface area (Å²) in [5.74, 6) is -0.849. The van der Waals surface area contributed by atoms with Crippen molar-refractivity contribution in [3.05, 3.63) is 29.8 Å². The van der Waals surface area contributed by atoms with E-state index in [4.69, 9.17) is 9.47 Å². The number of rotatable bonds is 5. The van der Waals surface area contributed by atoms with Gasteiger partial charge in [0.1, 0.15) is 0 Å². The Morgan fingerprint density at radius 2 is 1.63 bits per heavy atom. The van der Waals surface area contributed by atoms with Gasteiger partial charge in [-0.15, -0.1) is 0 Å². The van der Waals surface area contributed by atoms with E-state index in [0.29, 0.717) is 39.4 Å². The second kappa shape index (κ2) is 8.37. The molecule has 0 bridgehead atoms. The average Bonchev–Trinajstić information content (AvgIpc) is 3.23. The second-order valence-electron chi connectivity index (χ2n) is 6.62. The maximum Gasteiger partial charge on any atom is 0.338 e. The molecule has 8 nitrogen and oxygen atoms in total. The lowest BCUT2D eigenvalue weighted by molar-refractivity contribution is -0.138. The number of hydrogen-bond donors (Lipinski definition) is 0. The molecule has 2 saturated heterocycles. The summed E-state index contributed by atoms with van der Waals surface area (Å²) in [6.07, 6.45) is 1.06. The van der Waals surface area contributed by atoms with Gasteiger partial charge in [-0.3, -0.25) is 4.79 Å². The van der Waals surface area contributed by atoms with Crippen molar-refractivity contribution in [1.29, 1.82) is 0 Å². The van der Waals surface area contributed by atoms with E-state index in [1.54, 1.807) is 11.8 Å². The Morgan fingerprint density at radius 1 is 1.04 bits per heavy atom. The van der Waals surface area contributed by atoms with Crippen molar-refractivity contribution < 1.29 is 27.5 Å². The fourth-order valence-electron chi connectivity index (χ4n) is 3.17. The molecule has 1 aromatic rings. The number of esters is 1. The van der Waals surface area contributed by atoms with Crippen molar-refractivity contribution in [2.24, 2.45) is 0 Å². The predicted molar refractivity (Wildman–Crippen MR) is 96.7 cm³/mol. The molecule has 9 heteroatoms. The molecule has 3 rings (SSSR count). The summed E-state index contributed by atoms with van der Waals surface area (Å²) in [4.78, 5) is 26.3. The molecule has 1 amide bonds. The molecule has 1 aromatic carbocycles. The molecule has 0 radical (unpaired) electrons. The zero-order valence-corrected chi connectivity index (χ0v) is 16.1. The molecular weight excluding hydrogens is 372 g/mol. The number of nitrogens with zero attached hydrogens (tertiary/aromatic N) is 2. The third-order valence-corrected chi connectivity index (χ3v) is 6.66. The molecule has 0 N–H and O–H groups in total. The van der Waals surface area contributed by atoms with Crippen LogP contribution in [0.4, 0.5) is 0 Å². The number of ether oxygens (including phenoxy) is 2. The average molecular weight is 396 g/mol. The van der Waals surface area contributed by atoms with Crippen molar-refractivity contribution in [3.63, 3.8) is 0 Å². The normalized spacial score (nSPS) is 19.7. The van der Waals surface area contributed by atoms with E-state index in [1.165, 1.54) is 28.6 Å². The van der Waals surface area contributed by atoms with Crippen LogP contribution in [0.15, 0.2) is 29.2 Å². The number of morpholine rings is 1. The molecule has 2 aliphatic heterocycles. The summed E-state index contributed by atoms with van der Waals surface area (Å²) >= 11 is 0. The molecule has 2 fully saturated rings. The first kappa shape index (κ1) is 19.8. The van der Waals surface area contributed by atoms with Crippen LogP contribution in [0.5, 0.6) is 0 Å². The van der Waals surface area contributed by atoms with Gasteiger partial charge in [0.25, 0.3) is 5.91 Å². The molecular formula is C18H24N2O6S. The minimum Gasteiger partial charge on any atom is -0.449 e. The van der Waals surface area contributed by atoms with Gasteiger partial charge in [-0.1, -0.05) is 0 Å². The Labute approximate surface area is 159 Å². The van der Waals surface area contributed by atoms with Gasteiger partial charge >= 0.3 is 5.97 Å². The number of sulfonamides is 1. The smallest absolute Gasteiger partial charge is 0.338 e. The summed E-state index contributed by atoms with van der Waals surface area (Å²) in [5, 5.41) is 0. The number of hydrogen-bond acceptors (Lipinski definition) is 6. The van der Waals surface area contributed by atoms with Crippen LogP contribution in [0.1, 0.15) is 30.1 Å². The lowest BCUT2D eigenvalue weighted by Gasteiger charge is -2.26. The monoisotopic (exact) mass is 396 g/mol. The van der Waals surface area contributed by atoms with Crippen LogP contribution in [-0.2, 0) is 24.3 Å². The lowest BCUT2D eigenvalue weighted by atomic mass is 10.2. The van der Waals surface area contributed by atoms with E-state index in [0.717, 1.165) is 12.8 Å². The molecule has 2 aliphatic rings. The van der Waals surface area contributed by atoms with Crippen LogP contribution in [0.3, 0.4) is 0 Å². The number of carbonyl (C=O) groups excluding carboxylic acids is 2. The van der Waals surface area contributed by atoms with E-state index < -0.39 is 22.1 Å². The number of benzene rings is 1. The van der Waals surface area contributed by atoms with E-state index >= 15 is 0 Å². The largest absolute Gasteiger partial charge is 0.449 e. The second-order valence-corrected chi connectivity index (χ2v) is 8.56. The highest BCUT2D eigenvalue weighted by atomic mass is 32.2. The Balaban J connectivity index is 1.64. The molecule has 2 heterocycles. The summed E-state index contributed by atoms with van der Waals surface area (Å²) < 4.78 is 37.0. The van der Waals surface area contributed by atoms with Gasteiger partial charge in [0.2, 0.25) is 10.0 Å². The predicted octanol–water partition coefficient (Wildman–Crippen LogP) is 0.875. The third-order valence-electron chi connectivity index (χ3n) is 4.75. The topological polar surface area (TPSA) is 93.2 Å². The quantitative estimate of drug-likeness (QED) is 0.686. The SMILES string of the molecule is C[C@H](OC(=O)c1ccc(S(=O)(=O)N2CCOCC2)cc1)C(=O)N1CCCC1. The Hall–Kier alpha value is -1.97. The van der Waals surface area contributed by atoms with E-state index in [2.05, 4.69) is 0 Å². The van der Waals surface area contributed by atoms with Crippen LogP contribution < -0.4 is 0 Å². The highest BCUT2D eigenvalue weighted by Gasteiger charge is 2.28. The van der Waals surface area contributed by atoms with E-state index in [9.17, 15) is 18.0 Å². The molecule has 0 saturated carbocycles. The van der Waals surface area contributed by atoms with Crippen LogP contribution in [-0.4, -0.2) is 75.0 Å². The molecule has 0 unspecified atom stereocenters. The van der Waals surface area contributed by atoms with Gasteiger partial charge in [-0.05, 0) is 44.0 Å². The van der Waals surface area contributed by atoms with Crippen molar-refractivity contribution in [1.82, 2.24) is 9.21 Å². The van der Waals surface area contributed by atoms with Crippen LogP contribution >= 0.6 is 0 Å². The highest BCUT2D eigenvalue weighted by molar-refractivity contribution is 7.89. The van der Waals surface area contributed by atoms with Crippen molar-refractivity contribution in [3.8, 4) is 0 Å². The first-order valence-corrected chi connectivity index (χ1v) is 10.5. The summed E-state index contributed by atoms with van der Waals surface area (Å²) in [6.45, 7) is 4.28. The van der Waals surface area contributed by atoms with Crippen LogP contribution in [0.25, 0.3) is 0 Å². The van der Waals surface area contributed by atoms with Gasteiger partial charge in [0, 0.05) is 26.2 Å². The van der Waals surface area contributed by atoms with Gasteiger partial charge in [0.15, 0.2) is 6.10 Å². The third kappa shape index (κ3) is 4.48. The maximum atomic E-state index is 12.6. The Morgan fingerprint density at radius 3 is 2.22 bits per heavy atom. The van der Waals surface area contributed by atoms with Crippen LogP contribution in [0, 0.1) is 0 Å². The highest BCUT2D eigenvalue weighted by Crippen LogP contribution is 2.18. The number of carbonyl (C=O) groups is 2. The molecule has 0 aliphatic carbocycles. The maximum absolute atomic E-state index is 12.6. The van der Waals surface area contributed by atoms with Gasteiger partial charge in [0.05, 0.1) is 23.7 Å². The molecule has 0 aromatic heterocycles. The Bertz CT molecular complexity index is 781. The van der Waals surface area contributed by atoms with Gasteiger partial charge < -0.3 is 14.4 Å². The Kier molecular flexibility index (Phi) is 6.13. The van der Waals surface area contributed by atoms with Crippen molar-refractivity contribution in [2.45, 2.75) is 30.8 Å². The van der Waals surface area contributed by atoms with Gasteiger partial charge in [-0.25, -0.2) is 13.2 Å². The fraction of sp³-hybridized carbons (Fsp3) is 0.556. The summed E-state index contributed by atoms with van der Waals surface area (Å²) in [6, 6.07) is 5.58. The van der Waals surface area contributed by atoms with Crippen LogP contribution in [0.2, 0.25) is 0 Å². The summed E-state index contributed by atoms with van der Waals surface area (Å²) in [5.41, 5.74) is 0.206. The fourth-order valence-corrected chi connectivity index (χ4v) is 4.58. The van der Waals surface area contributed by atoms with E-state index in [1.807, 2.05) is 0 Å². The van der Waals surface area contributed by atoms with Gasteiger partial charge in [-0.2, -0.15) is 4.31 Å². The molecule has 148 valence electrons. The molecule has 27 heavy (non-hydrogen) atoms. The minimum atomic E-state index is -3.61. The van der Waals surface area contributed by atoms with Crippen molar-refractivity contribution >= 4 is 21.9 Å². The van der Waals surface area contributed by atoms with Crippen molar-refractivity contribution in [2.75, 3.05) is 39.4 Å². The number of likely N-dealkylation sites (tertiary alicyclic amines) is 1. The summed E-state index contributed by atoms with van der Waals surface area (Å²) in [7, 11) is -3.61. The zero-order valence-electron chi connectivity index (χ0n) is 15.3. The first-order chi connectivity index (χ1) is 12.9. The first-order valence-electron chi connectivity index (χ1n) is 9.07. The van der Waals surface area contributed by atoms with E-state index in [-0.39, 0.29) is 16.4 Å². The standard InChI is InChI=1S/C18H24N2O6S/c1-14(17(21)19-8-2-3-9-19)26-18(22)15-4-6-16(7-5-15)27(23,24)20-10-12-25-13-11-20/h4-7,14H,2-3,8-13H2,1H3/t14-/m0/s1. The lowest BCUT2D eigenvalue weighted by Crippen LogP contribution is -2.40. The molecule has 0 spiro atoms. The minimum absolute atomic E-state index is 0.113. The number of amides is 1.